The summed E-state index contributed by atoms with van der Waals surface area (Å²) in [4.78, 5) is 4.28. The number of hydrogen-bond acceptors (Lipinski definition) is 4. The molecule has 8 heteroatoms. The molecule has 0 aliphatic heterocycles. The summed E-state index contributed by atoms with van der Waals surface area (Å²) in [5.74, 6) is 0. The van der Waals surface area contributed by atoms with Crippen molar-refractivity contribution < 1.29 is 8.42 Å². The maximum atomic E-state index is 12.0. The molecule has 2 rings (SSSR count). The minimum absolute atomic E-state index is 0.183. The third-order valence-corrected chi connectivity index (χ3v) is 5.83. The highest BCUT2D eigenvalue weighted by Gasteiger charge is 2.14. The van der Waals surface area contributed by atoms with Gasteiger partial charge in [0.2, 0.25) is 10.0 Å². The van der Waals surface area contributed by atoms with E-state index in [1.807, 2.05) is 5.38 Å². The lowest BCUT2D eigenvalue weighted by Crippen LogP contribution is -2.26. The minimum atomic E-state index is -3.51. The van der Waals surface area contributed by atoms with E-state index in [0.717, 1.165) is 5.01 Å². The van der Waals surface area contributed by atoms with Crippen LogP contribution in [-0.4, -0.2) is 19.9 Å². The van der Waals surface area contributed by atoms with Crippen LogP contribution in [0.1, 0.15) is 5.01 Å². The van der Waals surface area contributed by atoms with Crippen LogP contribution in [0.25, 0.3) is 0 Å². The molecule has 102 valence electrons. The van der Waals surface area contributed by atoms with Gasteiger partial charge in [0.05, 0.1) is 14.9 Å². The highest BCUT2D eigenvalue weighted by atomic mass is 79.9. The van der Waals surface area contributed by atoms with Crippen LogP contribution in [0.15, 0.2) is 39.1 Å². The molecule has 0 amide bonds. The van der Waals surface area contributed by atoms with Gasteiger partial charge >= 0.3 is 0 Å². The van der Waals surface area contributed by atoms with E-state index >= 15 is 0 Å². The van der Waals surface area contributed by atoms with Crippen LogP contribution < -0.4 is 4.72 Å². The first kappa shape index (κ1) is 14.9. The van der Waals surface area contributed by atoms with Gasteiger partial charge in [0.1, 0.15) is 0 Å². The molecular formula is C11H10BrClN2O2S2. The fourth-order valence-electron chi connectivity index (χ4n) is 1.40. The summed E-state index contributed by atoms with van der Waals surface area (Å²) >= 11 is 10.5. The summed E-state index contributed by atoms with van der Waals surface area (Å²) in [5, 5.41) is 3.24. The zero-order chi connectivity index (χ0) is 13.9. The predicted molar refractivity (Wildman–Crippen MR) is 80.2 cm³/mol. The van der Waals surface area contributed by atoms with Crippen LogP contribution in [-0.2, 0) is 16.4 Å². The number of thiazole rings is 1. The third kappa shape index (κ3) is 4.00. The van der Waals surface area contributed by atoms with Gasteiger partial charge in [-0.15, -0.1) is 11.3 Å². The van der Waals surface area contributed by atoms with Crippen LogP contribution in [0.5, 0.6) is 0 Å². The molecule has 0 atom stereocenters. The molecule has 4 nitrogen and oxygen atoms in total. The monoisotopic (exact) mass is 380 g/mol. The van der Waals surface area contributed by atoms with Crippen molar-refractivity contribution in [2.24, 2.45) is 0 Å². The Balaban J connectivity index is 2.03. The van der Waals surface area contributed by atoms with Gasteiger partial charge in [-0.1, -0.05) is 11.6 Å². The molecule has 0 saturated carbocycles. The van der Waals surface area contributed by atoms with E-state index in [4.69, 9.17) is 11.6 Å². The second kappa shape index (κ2) is 6.32. The molecular weight excluding hydrogens is 372 g/mol. The lowest BCUT2D eigenvalue weighted by molar-refractivity contribution is 0.581. The Morgan fingerprint density at radius 1 is 1.42 bits per heavy atom. The first-order valence-electron chi connectivity index (χ1n) is 5.32. The Hall–Kier alpha value is -0.470. The molecule has 19 heavy (non-hydrogen) atoms. The van der Waals surface area contributed by atoms with E-state index in [2.05, 4.69) is 25.6 Å². The Morgan fingerprint density at radius 3 is 2.84 bits per heavy atom. The number of aromatic nitrogens is 1. The highest BCUT2D eigenvalue weighted by Crippen LogP contribution is 2.25. The van der Waals surface area contributed by atoms with Gasteiger partial charge < -0.3 is 0 Å². The summed E-state index contributed by atoms with van der Waals surface area (Å²) < 4.78 is 27.2. The highest BCUT2D eigenvalue weighted by molar-refractivity contribution is 9.10. The molecule has 2 aromatic rings. The van der Waals surface area contributed by atoms with Crippen molar-refractivity contribution in [2.75, 3.05) is 6.54 Å². The van der Waals surface area contributed by atoms with Crippen LogP contribution in [0.2, 0.25) is 5.02 Å². The summed E-state index contributed by atoms with van der Waals surface area (Å²) in [6.45, 7) is 0.316. The van der Waals surface area contributed by atoms with Gasteiger partial charge in [0.25, 0.3) is 0 Å². The Labute approximate surface area is 129 Å². The quantitative estimate of drug-likeness (QED) is 0.866. The molecule has 0 aliphatic rings. The number of halogens is 2. The number of benzene rings is 1. The summed E-state index contributed by atoms with van der Waals surface area (Å²) in [6, 6.07) is 4.49. The van der Waals surface area contributed by atoms with Gasteiger partial charge in [-0.05, 0) is 34.1 Å². The number of nitrogens with zero attached hydrogens (tertiary/aromatic N) is 1. The molecule has 1 N–H and O–H groups in total. The molecule has 1 aromatic heterocycles. The fraction of sp³-hybridized carbons (Fsp3) is 0.182. The van der Waals surface area contributed by atoms with Gasteiger partial charge in [0.15, 0.2) is 0 Å². The number of rotatable bonds is 5. The van der Waals surface area contributed by atoms with E-state index in [9.17, 15) is 8.42 Å². The Morgan fingerprint density at radius 2 is 2.21 bits per heavy atom. The molecule has 0 spiro atoms. The summed E-state index contributed by atoms with van der Waals surface area (Å²) in [5.41, 5.74) is 0. The zero-order valence-corrected chi connectivity index (χ0v) is 13.6. The predicted octanol–water partition coefficient (Wildman–Crippen LogP) is 3.08. The van der Waals surface area contributed by atoms with E-state index in [-0.39, 0.29) is 4.90 Å². The molecule has 1 aromatic carbocycles. The van der Waals surface area contributed by atoms with Crippen LogP contribution in [0.3, 0.4) is 0 Å². The number of nitrogens with one attached hydrogen (secondary N) is 1. The van der Waals surface area contributed by atoms with Crippen LogP contribution in [0, 0.1) is 0 Å². The van der Waals surface area contributed by atoms with Crippen molar-refractivity contribution in [3.05, 3.63) is 44.3 Å². The smallest absolute Gasteiger partial charge is 0.240 e. The fourth-order valence-corrected chi connectivity index (χ4v) is 3.72. The SMILES string of the molecule is O=S(=O)(NCCc1nccs1)c1ccc(Cl)c(Br)c1. The topological polar surface area (TPSA) is 59.1 Å². The molecule has 0 radical (unpaired) electrons. The van der Waals surface area contributed by atoms with Gasteiger partial charge in [0, 0.05) is 29.0 Å². The average Bonchev–Trinajstić information content (AvgIpc) is 2.85. The lowest BCUT2D eigenvalue weighted by atomic mass is 10.4. The minimum Gasteiger partial charge on any atom is -0.250 e. The van der Waals surface area contributed by atoms with Crippen molar-refractivity contribution >= 4 is 48.9 Å². The normalized spacial score (nSPS) is 11.7. The van der Waals surface area contributed by atoms with Crippen LogP contribution in [0.4, 0.5) is 0 Å². The van der Waals surface area contributed by atoms with Crippen molar-refractivity contribution in [3.8, 4) is 0 Å². The Kier molecular flexibility index (Phi) is 4.97. The second-order valence-corrected chi connectivity index (χ2v) is 7.66. The molecule has 0 bridgehead atoms. The summed E-state index contributed by atoms with van der Waals surface area (Å²) in [7, 11) is -3.51. The van der Waals surface area contributed by atoms with Crippen molar-refractivity contribution in [1.82, 2.24) is 9.71 Å². The second-order valence-electron chi connectivity index (χ2n) is 3.65. The first-order chi connectivity index (χ1) is 8.99. The van der Waals surface area contributed by atoms with Crippen LogP contribution >= 0.6 is 38.9 Å². The van der Waals surface area contributed by atoms with Crippen molar-refractivity contribution in [2.45, 2.75) is 11.3 Å². The number of hydrogen-bond donors (Lipinski definition) is 1. The maximum absolute atomic E-state index is 12.0. The summed E-state index contributed by atoms with van der Waals surface area (Å²) in [6.07, 6.45) is 2.27. The largest absolute Gasteiger partial charge is 0.250 e. The van der Waals surface area contributed by atoms with E-state index in [1.165, 1.54) is 23.5 Å². The molecule has 1 heterocycles. The zero-order valence-electron chi connectivity index (χ0n) is 9.64. The lowest BCUT2D eigenvalue weighted by Gasteiger charge is -2.06. The van der Waals surface area contributed by atoms with E-state index in [0.29, 0.717) is 22.5 Å². The van der Waals surface area contributed by atoms with Gasteiger partial charge in [-0.25, -0.2) is 18.1 Å². The standard InChI is InChI=1S/C11H10BrClN2O2S2/c12-9-7-8(1-2-10(9)13)19(16,17)15-4-3-11-14-5-6-18-11/h1-2,5-7,15H,3-4H2. The molecule has 0 aliphatic carbocycles. The number of sulfonamides is 1. The van der Waals surface area contributed by atoms with E-state index < -0.39 is 10.0 Å². The molecule has 0 unspecified atom stereocenters. The van der Waals surface area contributed by atoms with E-state index in [1.54, 1.807) is 12.3 Å². The van der Waals surface area contributed by atoms with Gasteiger partial charge in [-0.2, -0.15) is 0 Å². The van der Waals surface area contributed by atoms with Crippen molar-refractivity contribution in [1.29, 1.82) is 0 Å². The molecule has 0 saturated heterocycles. The molecule has 0 fully saturated rings. The third-order valence-electron chi connectivity index (χ3n) is 2.32. The average molecular weight is 382 g/mol. The Bertz CT molecular complexity index is 659. The van der Waals surface area contributed by atoms with Gasteiger partial charge in [-0.3, -0.25) is 0 Å². The van der Waals surface area contributed by atoms with Crippen molar-refractivity contribution in [3.63, 3.8) is 0 Å². The maximum Gasteiger partial charge on any atom is 0.240 e. The first-order valence-corrected chi connectivity index (χ1v) is 8.85.